The van der Waals surface area contributed by atoms with Crippen LogP contribution in [0, 0.1) is 5.82 Å². The molecule has 1 aliphatic rings. The van der Waals surface area contributed by atoms with Crippen molar-refractivity contribution in [2.24, 2.45) is 0 Å². The molecule has 132 valence electrons. The third kappa shape index (κ3) is 4.98. The molecule has 0 fully saturated rings. The van der Waals surface area contributed by atoms with Crippen molar-refractivity contribution in [1.82, 2.24) is 5.32 Å². The fourth-order valence-electron chi connectivity index (χ4n) is 2.76. The zero-order valence-corrected chi connectivity index (χ0v) is 16.0. The summed E-state index contributed by atoms with van der Waals surface area (Å²) in [7, 11) is 0. The highest BCUT2D eigenvalue weighted by atomic mass is 79.9. The Labute approximate surface area is 159 Å². The molecule has 0 aromatic heterocycles. The van der Waals surface area contributed by atoms with Crippen LogP contribution in [0.1, 0.15) is 30.9 Å². The summed E-state index contributed by atoms with van der Waals surface area (Å²) in [6.45, 7) is 0.474. The van der Waals surface area contributed by atoms with Crippen molar-refractivity contribution in [1.29, 1.82) is 0 Å². The molecule has 1 heterocycles. The molecular weight excluding hydrogens is 405 g/mol. The first-order chi connectivity index (χ1) is 12.1. The van der Waals surface area contributed by atoms with Crippen LogP contribution in [0.25, 0.3) is 0 Å². The van der Waals surface area contributed by atoms with Gasteiger partial charge in [-0.3, -0.25) is 4.79 Å². The van der Waals surface area contributed by atoms with E-state index in [-0.39, 0.29) is 17.8 Å². The summed E-state index contributed by atoms with van der Waals surface area (Å²) in [5.74, 6) is 1.41. The largest absolute Gasteiger partial charge is 0.492 e. The Hall–Kier alpha value is -1.53. The highest BCUT2D eigenvalue weighted by molar-refractivity contribution is 9.10. The molecule has 2 aromatic rings. The van der Waals surface area contributed by atoms with Gasteiger partial charge in [0.2, 0.25) is 5.91 Å². The molecule has 0 aliphatic carbocycles. The van der Waals surface area contributed by atoms with Crippen molar-refractivity contribution in [3.8, 4) is 5.75 Å². The van der Waals surface area contributed by atoms with Gasteiger partial charge in [0.05, 0.1) is 17.1 Å². The molecule has 0 saturated heterocycles. The van der Waals surface area contributed by atoms with Gasteiger partial charge in [0.15, 0.2) is 0 Å². The van der Waals surface area contributed by atoms with Gasteiger partial charge in [0, 0.05) is 17.1 Å². The summed E-state index contributed by atoms with van der Waals surface area (Å²) < 4.78 is 20.1. The molecule has 3 nitrogen and oxygen atoms in total. The fraction of sp³-hybridized carbons (Fsp3) is 0.316. The lowest BCUT2D eigenvalue weighted by Gasteiger charge is -2.26. The van der Waals surface area contributed by atoms with Gasteiger partial charge in [-0.1, -0.05) is 12.1 Å². The minimum atomic E-state index is -0.262. The van der Waals surface area contributed by atoms with Gasteiger partial charge in [0.25, 0.3) is 0 Å². The van der Waals surface area contributed by atoms with E-state index < -0.39 is 0 Å². The summed E-state index contributed by atoms with van der Waals surface area (Å²) in [5.41, 5.74) is 0.883. The molecular formula is C19H19BrFNO2S. The molecule has 0 bridgehead atoms. The normalized spacial score (nSPS) is 16.2. The number of ether oxygens (including phenoxy) is 1. The van der Waals surface area contributed by atoms with E-state index in [4.69, 9.17) is 4.74 Å². The van der Waals surface area contributed by atoms with Crippen molar-refractivity contribution in [2.75, 3.05) is 12.4 Å². The van der Waals surface area contributed by atoms with E-state index in [0.717, 1.165) is 32.9 Å². The van der Waals surface area contributed by atoms with Crippen LogP contribution in [-0.4, -0.2) is 18.3 Å². The number of fused-ring (bicyclic) bond motifs is 1. The molecule has 25 heavy (non-hydrogen) atoms. The molecule has 1 unspecified atom stereocenters. The van der Waals surface area contributed by atoms with E-state index in [1.165, 1.54) is 12.1 Å². The highest BCUT2D eigenvalue weighted by Crippen LogP contribution is 2.36. The molecule has 6 heteroatoms. The fourth-order valence-corrected chi connectivity index (χ4v) is 4.26. The maximum Gasteiger partial charge on any atom is 0.220 e. The summed E-state index contributed by atoms with van der Waals surface area (Å²) >= 11 is 5.13. The predicted molar refractivity (Wildman–Crippen MR) is 101 cm³/mol. The van der Waals surface area contributed by atoms with Crippen LogP contribution < -0.4 is 10.1 Å². The number of thioether (sulfide) groups is 1. The lowest BCUT2D eigenvalue weighted by atomic mass is 10.0. The molecule has 1 N–H and O–H groups in total. The number of benzene rings is 2. The summed E-state index contributed by atoms with van der Waals surface area (Å²) in [5, 5.41) is 3.03. The van der Waals surface area contributed by atoms with Gasteiger partial charge in [-0.05, 0) is 64.7 Å². The Morgan fingerprint density at radius 3 is 3.00 bits per heavy atom. The molecule has 0 radical (unpaired) electrons. The Morgan fingerprint density at radius 2 is 2.16 bits per heavy atom. The lowest BCUT2D eigenvalue weighted by molar-refractivity contribution is -0.122. The monoisotopic (exact) mass is 423 g/mol. The van der Waals surface area contributed by atoms with Gasteiger partial charge in [-0.2, -0.15) is 0 Å². The van der Waals surface area contributed by atoms with Crippen molar-refractivity contribution >= 4 is 33.6 Å². The number of hydrogen-bond acceptors (Lipinski definition) is 3. The maximum absolute atomic E-state index is 13.5. The Morgan fingerprint density at radius 1 is 1.32 bits per heavy atom. The third-order valence-corrected chi connectivity index (χ3v) is 5.77. The first kappa shape index (κ1) is 18.3. The number of hydrogen-bond donors (Lipinski definition) is 1. The second-order valence-electron chi connectivity index (χ2n) is 5.82. The minimum Gasteiger partial charge on any atom is -0.492 e. The zero-order valence-electron chi connectivity index (χ0n) is 13.6. The predicted octanol–water partition coefficient (Wildman–Crippen LogP) is 5.10. The first-order valence-electron chi connectivity index (χ1n) is 8.22. The molecule has 3 rings (SSSR count). The van der Waals surface area contributed by atoms with Gasteiger partial charge < -0.3 is 10.1 Å². The van der Waals surface area contributed by atoms with E-state index in [2.05, 4.69) is 21.2 Å². The topological polar surface area (TPSA) is 38.3 Å². The van der Waals surface area contributed by atoms with Gasteiger partial charge in [-0.25, -0.2) is 4.39 Å². The van der Waals surface area contributed by atoms with E-state index >= 15 is 0 Å². The quantitative estimate of drug-likeness (QED) is 0.656. The number of amides is 1. The standard InChI is InChI=1S/C19H19BrFNO2S/c20-15-4-1-2-5-17(15)24-10-3-6-19(23)22-16-9-11-25-18-8-7-13(21)12-14(16)18/h1-2,4-5,7-8,12,16H,3,6,9-11H2,(H,22,23). The molecule has 0 spiro atoms. The number of carbonyl (C=O) groups is 1. The SMILES string of the molecule is O=C(CCCOc1ccccc1Br)NC1CCSc2ccc(F)cc21. The maximum atomic E-state index is 13.5. The molecule has 0 saturated carbocycles. The van der Waals surface area contributed by atoms with E-state index in [1.807, 2.05) is 24.3 Å². The van der Waals surface area contributed by atoms with Gasteiger partial charge in [-0.15, -0.1) is 11.8 Å². The van der Waals surface area contributed by atoms with E-state index in [9.17, 15) is 9.18 Å². The number of nitrogens with one attached hydrogen (secondary N) is 1. The van der Waals surface area contributed by atoms with Crippen LogP contribution in [-0.2, 0) is 4.79 Å². The smallest absolute Gasteiger partial charge is 0.220 e. The van der Waals surface area contributed by atoms with Crippen LogP contribution >= 0.6 is 27.7 Å². The molecule has 1 aliphatic heterocycles. The van der Waals surface area contributed by atoms with Crippen LogP contribution in [0.3, 0.4) is 0 Å². The van der Waals surface area contributed by atoms with E-state index in [1.54, 1.807) is 17.8 Å². The second kappa shape index (κ2) is 8.72. The van der Waals surface area contributed by atoms with Crippen molar-refractivity contribution < 1.29 is 13.9 Å². The first-order valence-corrected chi connectivity index (χ1v) is 10.0. The van der Waals surface area contributed by atoms with Crippen LogP contribution in [0.2, 0.25) is 0 Å². The second-order valence-corrected chi connectivity index (χ2v) is 7.81. The Bertz CT molecular complexity index is 756. The number of halogens is 2. The Kier molecular flexibility index (Phi) is 6.37. The summed E-state index contributed by atoms with van der Waals surface area (Å²) in [4.78, 5) is 13.3. The molecule has 1 atom stereocenters. The Balaban J connectivity index is 1.47. The van der Waals surface area contributed by atoms with Crippen LogP contribution in [0.15, 0.2) is 51.8 Å². The average molecular weight is 424 g/mol. The zero-order chi connectivity index (χ0) is 17.6. The van der Waals surface area contributed by atoms with Crippen molar-refractivity contribution in [3.63, 3.8) is 0 Å². The minimum absolute atomic E-state index is 0.0251. The number of carbonyl (C=O) groups excluding carboxylic acids is 1. The van der Waals surface area contributed by atoms with Gasteiger partial charge in [0.1, 0.15) is 11.6 Å². The number of rotatable bonds is 6. The van der Waals surface area contributed by atoms with Crippen LogP contribution in [0.4, 0.5) is 4.39 Å². The number of para-hydroxylation sites is 1. The third-order valence-electron chi connectivity index (χ3n) is 3.99. The molecule has 2 aromatic carbocycles. The highest BCUT2D eigenvalue weighted by Gasteiger charge is 2.22. The van der Waals surface area contributed by atoms with Crippen molar-refractivity contribution in [3.05, 3.63) is 58.3 Å². The van der Waals surface area contributed by atoms with Gasteiger partial charge >= 0.3 is 0 Å². The van der Waals surface area contributed by atoms with E-state index in [0.29, 0.717) is 19.4 Å². The lowest BCUT2D eigenvalue weighted by Crippen LogP contribution is -2.30. The average Bonchev–Trinajstić information content (AvgIpc) is 2.61. The summed E-state index contributed by atoms with van der Waals surface area (Å²) in [6.07, 6.45) is 1.84. The van der Waals surface area contributed by atoms with Crippen LogP contribution in [0.5, 0.6) is 5.75 Å². The van der Waals surface area contributed by atoms with Crippen molar-refractivity contribution in [2.45, 2.75) is 30.2 Å². The summed E-state index contributed by atoms with van der Waals surface area (Å²) in [6, 6.07) is 12.3. The molecule has 1 amide bonds.